The molecule has 1 fully saturated rings. The molecule has 1 N–H and O–H groups in total. The van der Waals surface area contributed by atoms with Crippen LogP contribution in [0.2, 0.25) is 0 Å². The molecule has 258 valence electrons. The number of halogens is 1. The minimum absolute atomic E-state index is 0. The maximum Gasteiger partial charge on any atom is 0.417 e. The standard InChI is InChI=1S/C36H61N3O5.HI/c1-4-6-7-8-9-10-11-12-13-14-15-16-17-18-19-21-24-37-35(41)43-29-32-26-33(27-32)30-44-36(42)39(31(3)40)28-34-23-20-22-25-38(34)5-2;/h20,22-23,25,32-33H,4-19,21,24,26-30H2,1-3H3;1H. The Bertz CT molecular complexity index is 941. The number of rotatable bonds is 24. The number of hydrogen-bond donors (Lipinski definition) is 1. The summed E-state index contributed by atoms with van der Waals surface area (Å²) in [6, 6.07) is 5.72. The highest BCUT2D eigenvalue weighted by atomic mass is 127. The van der Waals surface area contributed by atoms with E-state index >= 15 is 0 Å². The summed E-state index contributed by atoms with van der Waals surface area (Å²) in [7, 11) is 0. The number of aromatic nitrogens is 1. The van der Waals surface area contributed by atoms with E-state index in [0.717, 1.165) is 42.8 Å². The van der Waals surface area contributed by atoms with Gasteiger partial charge in [0, 0.05) is 25.6 Å². The number of imide groups is 1. The number of nitrogens with zero attached hydrogens (tertiary/aromatic N) is 2. The van der Waals surface area contributed by atoms with Crippen LogP contribution in [0.4, 0.5) is 9.59 Å². The van der Waals surface area contributed by atoms with Gasteiger partial charge in [-0.2, -0.15) is 0 Å². The Kier molecular flexibility index (Phi) is 23.9. The van der Waals surface area contributed by atoms with Gasteiger partial charge in [0.25, 0.3) is 0 Å². The average molecular weight is 744 g/mol. The summed E-state index contributed by atoms with van der Waals surface area (Å²) in [6.07, 6.45) is 24.0. The van der Waals surface area contributed by atoms with Gasteiger partial charge in [0.05, 0.1) is 13.2 Å². The van der Waals surface area contributed by atoms with E-state index in [2.05, 4.69) is 12.2 Å². The Morgan fingerprint density at radius 2 is 1.29 bits per heavy atom. The summed E-state index contributed by atoms with van der Waals surface area (Å²) in [4.78, 5) is 37.9. The molecule has 9 heteroatoms. The topological polar surface area (TPSA) is 88.8 Å². The van der Waals surface area contributed by atoms with Gasteiger partial charge in [-0.25, -0.2) is 19.1 Å². The molecule has 1 heterocycles. The van der Waals surface area contributed by atoms with E-state index in [4.69, 9.17) is 9.47 Å². The lowest BCUT2D eigenvalue weighted by molar-refractivity contribution is -0.701. The highest BCUT2D eigenvalue weighted by Gasteiger charge is 2.32. The number of ether oxygens (including phenoxy) is 2. The van der Waals surface area contributed by atoms with Crippen LogP contribution in [0.5, 0.6) is 0 Å². The fraction of sp³-hybridized carbons (Fsp3) is 0.778. The van der Waals surface area contributed by atoms with Crippen LogP contribution in [0.3, 0.4) is 0 Å². The van der Waals surface area contributed by atoms with E-state index < -0.39 is 6.09 Å². The van der Waals surface area contributed by atoms with Crippen LogP contribution >= 0.6 is 0 Å². The summed E-state index contributed by atoms with van der Waals surface area (Å²) in [5.74, 6) is 0.176. The van der Waals surface area contributed by atoms with Crippen molar-refractivity contribution >= 4 is 18.1 Å². The molecule has 0 saturated heterocycles. The van der Waals surface area contributed by atoms with Crippen LogP contribution in [0, 0.1) is 11.8 Å². The fourth-order valence-electron chi connectivity index (χ4n) is 5.95. The molecule has 1 saturated carbocycles. The van der Waals surface area contributed by atoms with E-state index in [1.54, 1.807) is 0 Å². The number of pyridine rings is 1. The second-order valence-electron chi connectivity index (χ2n) is 12.7. The van der Waals surface area contributed by atoms with Crippen molar-refractivity contribution in [3.63, 3.8) is 0 Å². The minimum atomic E-state index is -0.614. The quantitative estimate of drug-likeness (QED) is 0.0860. The number of unbranched alkanes of at least 4 members (excludes halogenated alkanes) is 15. The SMILES string of the molecule is CCCCCCCCCCCCCCCCCCNC(=O)OCC1CC(COC(=O)N(Cc2cccc[n+]2CC)C(C)=O)C1.[I-]. The van der Waals surface area contributed by atoms with Gasteiger partial charge < -0.3 is 38.8 Å². The number of alkyl carbamates (subject to hydrolysis) is 1. The number of carbonyl (C=O) groups excluding carboxylic acids is 3. The van der Waals surface area contributed by atoms with Crippen molar-refractivity contribution < 1.29 is 52.4 Å². The van der Waals surface area contributed by atoms with Gasteiger partial charge in [-0.05, 0) is 38.0 Å². The van der Waals surface area contributed by atoms with Crippen LogP contribution in [0.15, 0.2) is 24.4 Å². The van der Waals surface area contributed by atoms with Crippen molar-refractivity contribution in [1.29, 1.82) is 0 Å². The predicted molar refractivity (Wildman–Crippen MR) is 175 cm³/mol. The molecule has 0 atom stereocenters. The van der Waals surface area contributed by atoms with Crippen molar-refractivity contribution in [3.05, 3.63) is 30.1 Å². The fourth-order valence-corrected chi connectivity index (χ4v) is 5.95. The van der Waals surface area contributed by atoms with E-state index in [1.165, 1.54) is 96.8 Å². The Labute approximate surface area is 290 Å². The van der Waals surface area contributed by atoms with Crippen LogP contribution in [0.25, 0.3) is 0 Å². The van der Waals surface area contributed by atoms with Gasteiger partial charge in [0.15, 0.2) is 6.20 Å². The smallest absolute Gasteiger partial charge is 0.417 e. The molecule has 2 rings (SSSR count). The van der Waals surface area contributed by atoms with Crippen molar-refractivity contribution in [2.45, 2.75) is 149 Å². The summed E-state index contributed by atoms with van der Waals surface area (Å²) in [5, 5.41) is 2.87. The third kappa shape index (κ3) is 18.7. The zero-order chi connectivity index (χ0) is 31.8. The van der Waals surface area contributed by atoms with Crippen LogP contribution in [-0.2, 0) is 27.4 Å². The molecule has 0 aromatic carbocycles. The summed E-state index contributed by atoms with van der Waals surface area (Å²) in [5.41, 5.74) is 0.871. The first-order chi connectivity index (χ1) is 21.4. The lowest BCUT2D eigenvalue weighted by Crippen LogP contribution is -3.00. The van der Waals surface area contributed by atoms with Crippen LogP contribution in [0.1, 0.15) is 142 Å². The highest BCUT2D eigenvalue weighted by Crippen LogP contribution is 2.34. The first-order valence-electron chi connectivity index (χ1n) is 17.8. The summed E-state index contributed by atoms with van der Waals surface area (Å²) >= 11 is 0. The number of hydrogen-bond acceptors (Lipinski definition) is 5. The molecule has 1 aliphatic carbocycles. The number of nitrogens with one attached hydrogen (secondary N) is 1. The number of carbonyl (C=O) groups is 3. The van der Waals surface area contributed by atoms with E-state index in [0.29, 0.717) is 13.2 Å². The third-order valence-electron chi connectivity index (χ3n) is 8.82. The van der Waals surface area contributed by atoms with Gasteiger partial charge in [-0.1, -0.05) is 109 Å². The van der Waals surface area contributed by atoms with Gasteiger partial charge in [0.1, 0.15) is 13.1 Å². The maximum absolute atomic E-state index is 12.6. The zero-order valence-corrected chi connectivity index (χ0v) is 30.7. The molecule has 0 aliphatic heterocycles. The van der Waals surface area contributed by atoms with E-state index in [1.807, 2.05) is 35.9 Å². The highest BCUT2D eigenvalue weighted by molar-refractivity contribution is 5.90. The average Bonchev–Trinajstić information content (AvgIpc) is 3.00. The molecule has 45 heavy (non-hydrogen) atoms. The van der Waals surface area contributed by atoms with E-state index in [-0.39, 0.29) is 61.0 Å². The molecular weight excluding hydrogens is 681 g/mol. The summed E-state index contributed by atoms with van der Waals surface area (Å²) < 4.78 is 12.9. The maximum atomic E-state index is 12.6. The molecular formula is C36H62IN3O5. The third-order valence-corrected chi connectivity index (χ3v) is 8.82. The van der Waals surface area contributed by atoms with Crippen molar-refractivity contribution in [2.24, 2.45) is 11.8 Å². The van der Waals surface area contributed by atoms with E-state index in [9.17, 15) is 14.4 Å². The molecule has 0 radical (unpaired) electrons. The molecule has 8 nitrogen and oxygen atoms in total. The van der Waals surface area contributed by atoms with Gasteiger partial charge >= 0.3 is 12.2 Å². The lowest BCUT2D eigenvalue weighted by Gasteiger charge is -2.34. The Morgan fingerprint density at radius 1 is 0.778 bits per heavy atom. The minimum Gasteiger partial charge on any atom is -1.00 e. The van der Waals surface area contributed by atoms with Gasteiger partial charge in [-0.3, -0.25) is 4.79 Å². The Hall–Kier alpha value is -1.91. The normalized spacial score (nSPS) is 15.4. The number of amides is 3. The number of aryl methyl sites for hydroxylation is 1. The molecule has 3 amide bonds. The zero-order valence-electron chi connectivity index (χ0n) is 28.5. The van der Waals surface area contributed by atoms with Gasteiger partial charge in [0.2, 0.25) is 11.6 Å². The molecule has 0 spiro atoms. The van der Waals surface area contributed by atoms with Crippen molar-refractivity contribution in [2.75, 3.05) is 19.8 Å². The summed E-state index contributed by atoms with van der Waals surface area (Å²) in [6.45, 7) is 7.92. The lowest BCUT2D eigenvalue weighted by atomic mass is 9.76. The Balaban J connectivity index is 0.0000101. The van der Waals surface area contributed by atoms with Gasteiger partial charge in [-0.15, -0.1) is 0 Å². The first-order valence-corrected chi connectivity index (χ1v) is 17.8. The largest absolute Gasteiger partial charge is 1.00 e. The van der Waals surface area contributed by atoms with Crippen molar-refractivity contribution in [1.82, 2.24) is 10.2 Å². The second-order valence-corrected chi connectivity index (χ2v) is 12.7. The molecule has 1 aromatic heterocycles. The van der Waals surface area contributed by atoms with Crippen LogP contribution < -0.4 is 33.9 Å². The van der Waals surface area contributed by atoms with Crippen LogP contribution in [-0.4, -0.2) is 42.8 Å². The Morgan fingerprint density at radius 3 is 1.80 bits per heavy atom. The predicted octanol–water partition coefficient (Wildman–Crippen LogP) is 5.50. The molecule has 0 bridgehead atoms. The molecule has 0 unspecified atom stereocenters. The monoisotopic (exact) mass is 743 g/mol. The molecule has 1 aliphatic rings. The second kappa shape index (κ2) is 26.2. The first kappa shape index (κ1) is 41.1. The van der Waals surface area contributed by atoms with Crippen molar-refractivity contribution in [3.8, 4) is 0 Å². The molecule has 1 aromatic rings.